The number of carbonyl (C=O) groups excluding carboxylic acids is 1. The Hall–Kier alpha value is -1.17. The topological polar surface area (TPSA) is 34.9 Å². The highest BCUT2D eigenvalue weighted by Crippen LogP contribution is 2.13. The molecule has 0 N–H and O–H groups in total. The second-order valence-corrected chi connectivity index (χ2v) is 4.72. The molecule has 0 radical (unpaired) electrons. The first kappa shape index (κ1) is 11.3. The van der Waals surface area contributed by atoms with Gasteiger partial charge in [0.15, 0.2) is 5.78 Å². The summed E-state index contributed by atoms with van der Waals surface area (Å²) in [7, 11) is 1.85. The molecule has 0 saturated heterocycles. The highest BCUT2D eigenvalue weighted by atomic mass is 127. The molecule has 2 aromatic rings. The average Bonchev–Trinajstić information content (AvgIpc) is 2.64. The Morgan fingerprint density at radius 1 is 1.38 bits per heavy atom. The third-order valence-corrected chi connectivity index (χ3v) is 3.23. The summed E-state index contributed by atoms with van der Waals surface area (Å²) in [5.41, 5.74) is 1.58. The SMILES string of the molecule is Cn1ccc(CC(=O)c2ccccc2I)n1. The van der Waals surface area contributed by atoms with Crippen molar-refractivity contribution in [3.63, 3.8) is 0 Å². The lowest BCUT2D eigenvalue weighted by atomic mass is 10.1. The van der Waals surface area contributed by atoms with Crippen LogP contribution in [0.2, 0.25) is 0 Å². The number of hydrogen-bond acceptors (Lipinski definition) is 2. The maximum absolute atomic E-state index is 12.0. The van der Waals surface area contributed by atoms with E-state index in [1.807, 2.05) is 43.6 Å². The molecule has 0 aliphatic heterocycles. The Balaban J connectivity index is 2.18. The van der Waals surface area contributed by atoms with Crippen LogP contribution in [-0.2, 0) is 13.5 Å². The molecule has 1 aromatic carbocycles. The van der Waals surface area contributed by atoms with Crippen LogP contribution in [0, 0.1) is 3.57 Å². The maximum Gasteiger partial charge on any atom is 0.169 e. The molecule has 0 bridgehead atoms. The van der Waals surface area contributed by atoms with Crippen LogP contribution in [0.4, 0.5) is 0 Å². The van der Waals surface area contributed by atoms with Crippen molar-refractivity contribution >= 4 is 28.4 Å². The van der Waals surface area contributed by atoms with E-state index < -0.39 is 0 Å². The van der Waals surface area contributed by atoms with E-state index in [2.05, 4.69) is 27.7 Å². The van der Waals surface area contributed by atoms with E-state index >= 15 is 0 Å². The van der Waals surface area contributed by atoms with Crippen molar-refractivity contribution < 1.29 is 4.79 Å². The van der Waals surface area contributed by atoms with E-state index in [4.69, 9.17) is 0 Å². The fourth-order valence-corrected chi connectivity index (χ4v) is 2.19. The van der Waals surface area contributed by atoms with Gasteiger partial charge in [0.25, 0.3) is 0 Å². The lowest BCUT2D eigenvalue weighted by molar-refractivity contribution is 0.0991. The first-order valence-electron chi connectivity index (χ1n) is 4.93. The first-order chi connectivity index (χ1) is 7.66. The molecule has 0 aliphatic carbocycles. The number of halogens is 1. The summed E-state index contributed by atoms with van der Waals surface area (Å²) in [4.78, 5) is 12.0. The van der Waals surface area contributed by atoms with Crippen LogP contribution < -0.4 is 0 Å². The zero-order valence-electron chi connectivity index (χ0n) is 8.85. The monoisotopic (exact) mass is 326 g/mol. The molecule has 0 fully saturated rings. The van der Waals surface area contributed by atoms with Gasteiger partial charge in [-0.2, -0.15) is 5.10 Å². The van der Waals surface area contributed by atoms with Crippen molar-refractivity contribution in [2.24, 2.45) is 7.05 Å². The third kappa shape index (κ3) is 2.49. The van der Waals surface area contributed by atoms with Crippen molar-refractivity contribution in [1.29, 1.82) is 0 Å². The number of aryl methyl sites for hydroxylation is 1. The Morgan fingerprint density at radius 2 is 2.12 bits per heavy atom. The van der Waals surface area contributed by atoms with Gasteiger partial charge in [-0.05, 0) is 34.7 Å². The van der Waals surface area contributed by atoms with Crippen LogP contribution in [0.3, 0.4) is 0 Å². The quantitative estimate of drug-likeness (QED) is 0.641. The van der Waals surface area contributed by atoms with Crippen LogP contribution in [0.1, 0.15) is 16.1 Å². The number of hydrogen-bond donors (Lipinski definition) is 0. The van der Waals surface area contributed by atoms with Gasteiger partial charge in [0.2, 0.25) is 0 Å². The van der Waals surface area contributed by atoms with Gasteiger partial charge in [-0.15, -0.1) is 0 Å². The van der Waals surface area contributed by atoms with E-state index in [1.54, 1.807) is 4.68 Å². The molecular formula is C12H11IN2O. The van der Waals surface area contributed by atoms with Gasteiger partial charge < -0.3 is 0 Å². The molecule has 82 valence electrons. The molecule has 0 atom stereocenters. The predicted octanol–water partition coefficient (Wildman–Crippen LogP) is 2.45. The number of ketones is 1. The average molecular weight is 326 g/mol. The number of benzene rings is 1. The Morgan fingerprint density at radius 3 is 2.75 bits per heavy atom. The van der Waals surface area contributed by atoms with Gasteiger partial charge in [0, 0.05) is 22.4 Å². The largest absolute Gasteiger partial charge is 0.294 e. The fourth-order valence-electron chi connectivity index (χ4n) is 1.50. The second kappa shape index (κ2) is 4.78. The van der Waals surface area contributed by atoms with Gasteiger partial charge in [0.05, 0.1) is 12.1 Å². The summed E-state index contributed by atoms with van der Waals surface area (Å²) >= 11 is 2.18. The summed E-state index contributed by atoms with van der Waals surface area (Å²) in [5, 5.41) is 4.20. The summed E-state index contributed by atoms with van der Waals surface area (Å²) in [6.07, 6.45) is 2.21. The van der Waals surface area contributed by atoms with Crippen molar-refractivity contribution in [3.05, 3.63) is 51.4 Å². The van der Waals surface area contributed by atoms with Crippen molar-refractivity contribution in [3.8, 4) is 0 Å². The Kier molecular flexibility index (Phi) is 3.38. The summed E-state index contributed by atoms with van der Waals surface area (Å²) < 4.78 is 2.69. The maximum atomic E-state index is 12.0. The summed E-state index contributed by atoms with van der Waals surface area (Å²) in [5.74, 6) is 0.115. The number of Topliss-reactive ketones (excluding diaryl/α,β-unsaturated/α-hetero) is 1. The van der Waals surface area contributed by atoms with Gasteiger partial charge in [-0.1, -0.05) is 18.2 Å². The smallest absolute Gasteiger partial charge is 0.169 e. The molecule has 0 unspecified atom stereocenters. The number of aromatic nitrogens is 2. The standard InChI is InChI=1S/C12H11IN2O/c1-15-7-6-9(14-15)8-12(16)10-4-2-3-5-11(10)13/h2-7H,8H2,1H3. The van der Waals surface area contributed by atoms with Gasteiger partial charge >= 0.3 is 0 Å². The number of carbonyl (C=O) groups is 1. The lowest BCUT2D eigenvalue weighted by Gasteiger charge is -2.01. The van der Waals surface area contributed by atoms with Crippen LogP contribution in [-0.4, -0.2) is 15.6 Å². The van der Waals surface area contributed by atoms with E-state index in [0.29, 0.717) is 6.42 Å². The van der Waals surface area contributed by atoms with Crippen molar-refractivity contribution in [2.45, 2.75) is 6.42 Å². The van der Waals surface area contributed by atoms with E-state index in [9.17, 15) is 4.79 Å². The molecule has 0 saturated carbocycles. The van der Waals surface area contributed by atoms with Crippen LogP contribution in [0.15, 0.2) is 36.5 Å². The number of nitrogens with zero attached hydrogens (tertiary/aromatic N) is 2. The molecule has 3 nitrogen and oxygen atoms in total. The van der Waals surface area contributed by atoms with Crippen LogP contribution >= 0.6 is 22.6 Å². The summed E-state index contributed by atoms with van der Waals surface area (Å²) in [6.45, 7) is 0. The molecule has 1 aromatic heterocycles. The van der Waals surface area contributed by atoms with E-state index in [-0.39, 0.29) is 5.78 Å². The van der Waals surface area contributed by atoms with Gasteiger partial charge in [-0.3, -0.25) is 9.48 Å². The molecule has 0 amide bonds. The predicted molar refractivity (Wildman–Crippen MR) is 70.4 cm³/mol. The van der Waals surface area contributed by atoms with Gasteiger partial charge in [0.1, 0.15) is 0 Å². The minimum atomic E-state index is 0.115. The van der Waals surface area contributed by atoms with E-state index in [0.717, 1.165) is 14.8 Å². The second-order valence-electron chi connectivity index (χ2n) is 3.56. The molecule has 2 rings (SSSR count). The zero-order valence-corrected chi connectivity index (χ0v) is 11.0. The fraction of sp³-hybridized carbons (Fsp3) is 0.167. The first-order valence-corrected chi connectivity index (χ1v) is 6.01. The molecule has 0 spiro atoms. The normalized spacial score (nSPS) is 10.4. The minimum absolute atomic E-state index is 0.115. The van der Waals surface area contributed by atoms with Crippen molar-refractivity contribution in [1.82, 2.24) is 9.78 Å². The molecule has 16 heavy (non-hydrogen) atoms. The van der Waals surface area contributed by atoms with Crippen molar-refractivity contribution in [2.75, 3.05) is 0 Å². The van der Waals surface area contributed by atoms with Gasteiger partial charge in [-0.25, -0.2) is 0 Å². The highest BCUT2D eigenvalue weighted by molar-refractivity contribution is 14.1. The molecular weight excluding hydrogens is 315 g/mol. The van der Waals surface area contributed by atoms with Crippen LogP contribution in [0.25, 0.3) is 0 Å². The molecule has 1 heterocycles. The Labute approximate surface area is 108 Å². The zero-order chi connectivity index (χ0) is 11.5. The third-order valence-electron chi connectivity index (χ3n) is 2.28. The van der Waals surface area contributed by atoms with E-state index in [1.165, 1.54) is 0 Å². The van der Waals surface area contributed by atoms with Crippen LogP contribution in [0.5, 0.6) is 0 Å². The summed E-state index contributed by atoms with van der Waals surface area (Å²) in [6, 6.07) is 9.47. The molecule has 4 heteroatoms. The highest BCUT2D eigenvalue weighted by Gasteiger charge is 2.11. The minimum Gasteiger partial charge on any atom is -0.294 e. The number of rotatable bonds is 3. The molecule has 0 aliphatic rings. The lowest BCUT2D eigenvalue weighted by Crippen LogP contribution is -2.06. The Bertz CT molecular complexity index is 519.